The first-order chi connectivity index (χ1) is 14.6. The number of hydrogen-bond acceptors (Lipinski definition) is 4. The van der Waals surface area contributed by atoms with Gasteiger partial charge in [-0.1, -0.05) is 39.3 Å². The van der Waals surface area contributed by atoms with E-state index in [0.717, 1.165) is 35.3 Å². The van der Waals surface area contributed by atoms with Gasteiger partial charge in [-0.05, 0) is 47.9 Å². The normalized spacial score (nSPS) is 16.4. The van der Waals surface area contributed by atoms with Gasteiger partial charge < -0.3 is 15.3 Å². The van der Waals surface area contributed by atoms with E-state index in [1.165, 1.54) is 11.3 Å². The van der Waals surface area contributed by atoms with Crippen molar-refractivity contribution in [1.29, 1.82) is 0 Å². The van der Waals surface area contributed by atoms with Crippen LogP contribution in [0.2, 0.25) is 0 Å². The number of carbonyl (C=O) groups is 3. The molecule has 4 rings (SSSR count). The van der Waals surface area contributed by atoms with Crippen molar-refractivity contribution in [2.75, 3.05) is 11.9 Å². The molecule has 6 nitrogen and oxygen atoms in total. The predicted octanol–water partition coefficient (Wildman–Crippen LogP) is 4.68. The minimum Gasteiger partial charge on any atom is -0.478 e. The van der Waals surface area contributed by atoms with Gasteiger partial charge in [0.15, 0.2) is 0 Å². The number of fused-ring (bicyclic) bond motifs is 1. The number of carboxylic acids is 1. The third kappa shape index (κ3) is 4.24. The lowest BCUT2D eigenvalue weighted by molar-refractivity contribution is -0.139. The fourth-order valence-electron chi connectivity index (χ4n) is 4.12. The highest BCUT2D eigenvalue weighted by Crippen LogP contribution is 2.39. The molecule has 2 N–H and O–H groups in total. The number of nitrogens with zero attached hydrogens (tertiary/aromatic N) is 1. The lowest BCUT2D eigenvalue weighted by Gasteiger charge is -2.33. The van der Waals surface area contributed by atoms with Crippen LogP contribution in [0.15, 0.2) is 24.3 Å². The molecule has 0 radical (unpaired) electrons. The highest BCUT2D eigenvalue weighted by molar-refractivity contribution is 7.17. The van der Waals surface area contributed by atoms with Crippen LogP contribution in [0.1, 0.15) is 76.8 Å². The topological polar surface area (TPSA) is 86.7 Å². The molecule has 0 unspecified atom stereocenters. The van der Waals surface area contributed by atoms with Crippen LogP contribution in [-0.4, -0.2) is 34.3 Å². The minimum atomic E-state index is -1.05. The number of carboxylic acid groups (broad SMARTS) is 1. The number of anilines is 1. The maximum absolute atomic E-state index is 12.8. The van der Waals surface area contributed by atoms with Crippen molar-refractivity contribution >= 4 is 34.1 Å². The Balaban J connectivity index is 1.55. The molecule has 1 aliphatic heterocycles. The van der Waals surface area contributed by atoms with Gasteiger partial charge in [-0.15, -0.1) is 11.3 Å². The fraction of sp³-hybridized carbons (Fsp3) is 0.458. The Bertz CT molecular complexity index is 1030. The summed E-state index contributed by atoms with van der Waals surface area (Å²) >= 11 is 1.27. The smallest absolute Gasteiger partial charge is 0.339 e. The summed E-state index contributed by atoms with van der Waals surface area (Å²) in [7, 11) is 0. The van der Waals surface area contributed by atoms with E-state index in [2.05, 4.69) is 26.1 Å². The van der Waals surface area contributed by atoms with E-state index in [1.807, 2.05) is 17.0 Å². The van der Waals surface area contributed by atoms with Gasteiger partial charge in [-0.2, -0.15) is 0 Å². The second-order valence-corrected chi connectivity index (χ2v) is 10.5. The number of rotatable bonds is 4. The SMILES string of the molecule is CC(C)(C)c1ccc(C(=O)Nc2sc3c(c2C(=O)O)CCN(C(=O)C2CCC2)C3)cc1. The largest absolute Gasteiger partial charge is 0.478 e. The Morgan fingerprint density at radius 2 is 1.81 bits per heavy atom. The Morgan fingerprint density at radius 3 is 2.35 bits per heavy atom. The zero-order chi connectivity index (χ0) is 22.3. The average molecular weight is 441 g/mol. The van der Waals surface area contributed by atoms with Crippen LogP contribution in [0.3, 0.4) is 0 Å². The number of aromatic carboxylic acids is 1. The second-order valence-electron chi connectivity index (χ2n) is 9.43. The molecule has 1 saturated carbocycles. The summed E-state index contributed by atoms with van der Waals surface area (Å²) in [5.41, 5.74) is 2.50. The number of thiophene rings is 1. The summed E-state index contributed by atoms with van der Waals surface area (Å²) in [5, 5.41) is 13.0. The first-order valence-corrected chi connectivity index (χ1v) is 11.6. The van der Waals surface area contributed by atoms with Gasteiger partial charge in [0.2, 0.25) is 5.91 Å². The summed E-state index contributed by atoms with van der Waals surface area (Å²) < 4.78 is 0. The standard InChI is InChI=1S/C24H28N2O4S/c1-24(2,3)16-9-7-14(8-10-16)20(27)25-21-19(23(29)30)17-11-12-26(13-18(17)31-21)22(28)15-5-4-6-15/h7-10,15H,4-6,11-13H2,1-3H3,(H,25,27)(H,29,30). The average Bonchev–Trinajstić information content (AvgIpc) is 3.03. The number of hydrogen-bond donors (Lipinski definition) is 2. The highest BCUT2D eigenvalue weighted by atomic mass is 32.1. The molecule has 0 atom stereocenters. The van der Waals surface area contributed by atoms with Crippen LogP contribution in [0.25, 0.3) is 0 Å². The van der Waals surface area contributed by atoms with Crippen LogP contribution in [-0.2, 0) is 23.2 Å². The van der Waals surface area contributed by atoms with Gasteiger partial charge in [-0.3, -0.25) is 9.59 Å². The van der Waals surface area contributed by atoms with Crippen LogP contribution < -0.4 is 5.32 Å². The van der Waals surface area contributed by atoms with Crippen LogP contribution in [0.5, 0.6) is 0 Å². The minimum absolute atomic E-state index is 0.0128. The molecule has 1 aromatic heterocycles. The Morgan fingerprint density at radius 1 is 1.13 bits per heavy atom. The number of carbonyl (C=O) groups excluding carboxylic acids is 2. The van der Waals surface area contributed by atoms with E-state index in [-0.39, 0.29) is 28.7 Å². The first-order valence-electron chi connectivity index (χ1n) is 10.7. The fourth-order valence-corrected chi connectivity index (χ4v) is 5.37. The van der Waals surface area contributed by atoms with Crippen molar-refractivity contribution in [3.8, 4) is 0 Å². The van der Waals surface area contributed by atoms with Gasteiger partial charge in [-0.25, -0.2) is 4.79 Å². The molecule has 2 amide bonds. The molecule has 0 spiro atoms. The Labute approximate surface area is 186 Å². The lowest BCUT2D eigenvalue weighted by atomic mass is 9.84. The van der Waals surface area contributed by atoms with E-state index in [9.17, 15) is 19.5 Å². The molecular formula is C24H28N2O4S. The highest BCUT2D eigenvalue weighted by Gasteiger charge is 2.34. The molecule has 31 heavy (non-hydrogen) atoms. The van der Waals surface area contributed by atoms with Crippen LogP contribution in [0, 0.1) is 5.92 Å². The number of benzene rings is 1. The first kappa shape index (κ1) is 21.6. The maximum Gasteiger partial charge on any atom is 0.339 e. The molecule has 2 aliphatic rings. The van der Waals surface area contributed by atoms with Gasteiger partial charge in [0.1, 0.15) is 5.00 Å². The van der Waals surface area contributed by atoms with Crippen LogP contribution in [0.4, 0.5) is 5.00 Å². The van der Waals surface area contributed by atoms with E-state index >= 15 is 0 Å². The zero-order valence-electron chi connectivity index (χ0n) is 18.2. The molecule has 0 bridgehead atoms. The van der Waals surface area contributed by atoms with E-state index in [1.54, 1.807) is 12.1 Å². The molecule has 7 heteroatoms. The lowest BCUT2D eigenvalue weighted by Crippen LogP contribution is -2.41. The van der Waals surface area contributed by atoms with Crippen molar-refractivity contribution in [2.24, 2.45) is 5.92 Å². The molecule has 0 saturated heterocycles. The Hall–Kier alpha value is -2.67. The van der Waals surface area contributed by atoms with Gasteiger partial charge in [0, 0.05) is 22.9 Å². The monoisotopic (exact) mass is 440 g/mol. The molecule has 164 valence electrons. The predicted molar refractivity (Wildman–Crippen MR) is 121 cm³/mol. The molecule has 2 aromatic rings. The molecular weight excluding hydrogens is 412 g/mol. The van der Waals surface area contributed by atoms with Gasteiger partial charge in [0.25, 0.3) is 5.91 Å². The van der Waals surface area contributed by atoms with Crippen molar-refractivity contribution in [3.05, 3.63) is 51.4 Å². The van der Waals surface area contributed by atoms with Crippen LogP contribution >= 0.6 is 11.3 Å². The summed E-state index contributed by atoms with van der Waals surface area (Å²) in [6.07, 6.45) is 3.50. The molecule has 1 aliphatic carbocycles. The third-order valence-electron chi connectivity index (χ3n) is 6.28. The van der Waals surface area contributed by atoms with Crippen molar-refractivity contribution in [3.63, 3.8) is 0 Å². The summed E-state index contributed by atoms with van der Waals surface area (Å²) in [6, 6.07) is 7.39. The summed E-state index contributed by atoms with van der Waals surface area (Å²) in [4.78, 5) is 40.1. The van der Waals surface area contributed by atoms with Crippen molar-refractivity contribution < 1.29 is 19.5 Å². The van der Waals surface area contributed by atoms with E-state index < -0.39 is 5.97 Å². The molecule has 1 aromatic carbocycles. The van der Waals surface area contributed by atoms with Crippen molar-refractivity contribution in [1.82, 2.24) is 4.90 Å². The van der Waals surface area contributed by atoms with Gasteiger partial charge >= 0.3 is 5.97 Å². The molecule has 1 fully saturated rings. The number of nitrogens with one attached hydrogen (secondary N) is 1. The van der Waals surface area contributed by atoms with E-state index in [0.29, 0.717) is 30.1 Å². The zero-order valence-corrected chi connectivity index (χ0v) is 19.0. The summed E-state index contributed by atoms with van der Waals surface area (Å²) in [6.45, 7) is 7.27. The quantitative estimate of drug-likeness (QED) is 0.723. The Kier molecular flexibility index (Phi) is 5.64. The maximum atomic E-state index is 12.8. The second kappa shape index (κ2) is 8.11. The van der Waals surface area contributed by atoms with Gasteiger partial charge in [0.05, 0.1) is 12.1 Å². The third-order valence-corrected chi connectivity index (χ3v) is 7.41. The number of amides is 2. The summed E-state index contributed by atoms with van der Waals surface area (Å²) in [5.74, 6) is -1.08. The molecule has 2 heterocycles. The van der Waals surface area contributed by atoms with Crippen molar-refractivity contribution in [2.45, 2.75) is 58.4 Å². The van der Waals surface area contributed by atoms with E-state index in [4.69, 9.17) is 0 Å².